The van der Waals surface area contributed by atoms with Crippen molar-refractivity contribution in [1.29, 1.82) is 0 Å². The second kappa shape index (κ2) is 9.22. The number of aromatic nitrogens is 3. The van der Waals surface area contributed by atoms with E-state index in [4.69, 9.17) is 4.74 Å². The quantitative estimate of drug-likeness (QED) is 0.457. The number of benzene rings is 2. The van der Waals surface area contributed by atoms with Gasteiger partial charge in [0.05, 0.1) is 5.69 Å². The average molecular weight is 400 g/mol. The zero-order valence-electron chi connectivity index (χ0n) is 16.9. The van der Waals surface area contributed by atoms with E-state index in [1.54, 1.807) is 4.52 Å². The zero-order chi connectivity index (χ0) is 20.8. The number of nitrogens with one attached hydrogen (secondary N) is 1. The molecule has 0 unspecified atom stereocenters. The summed E-state index contributed by atoms with van der Waals surface area (Å²) in [4.78, 5) is 16.4. The lowest BCUT2D eigenvalue weighted by atomic mass is 10.1. The molecule has 4 rings (SSSR count). The summed E-state index contributed by atoms with van der Waals surface area (Å²) in [5.41, 5.74) is 5.15. The van der Waals surface area contributed by atoms with Crippen LogP contribution >= 0.6 is 0 Å². The summed E-state index contributed by atoms with van der Waals surface area (Å²) < 4.78 is 7.38. The van der Waals surface area contributed by atoms with E-state index in [2.05, 4.69) is 27.5 Å². The highest BCUT2D eigenvalue weighted by molar-refractivity contribution is 5.77. The van der Waals surface area contributed by atoms with Crippen LogP contribution in [0.15, 0.2) is 73.1 Å². The molecular weight excluding hydrogens is 376 g/mol. The van der Waals surface area contributed by atoms with Crippen LogP contribution in [0.1, 0.15) is 17.7 Å². The van der Waals surface area contributed by atoms with E-state index in [0.29, 0.717) is 12.3 Å². The number of aryl methyl sites for hydroxylation is 2. The maximum absolute atomic E-state index is 12.0. The Kier molecular flexibility index (Phi) is 6.03. The topological polar surface area (TPSA) is 68.5 Å². The lowest BCUT2D eigenvalue weighted by Gasteiger charge is -2.08. The molecule has 2 heterocycles. The van der Waals surface area contributed by atoms with Crippen molar-refractivity contribution in [1.82, 2.24) is 19.9 Å². The smallest absolute Gasteiger partial charge is 0.257 e. The Hall–Kier alpha value is -3.67. The highest BCUT2D eigenvalue weighted by Gasteiger charge is 2.05. The maximum Gasteiger partial charge on any atom is 0.257 e. The Morgan fingerprint density at radius 3 is 2.63 bits per heavy atom. The van der Waals surface area contributed by atoms with Gasteiger partial charge < -0.3 is 10.1 Å². The summed E-state index contributed by atoms with van der Waals surface area (Å²) in [5.74, 6) is 0.553. The normalized spacial score (nSPS) is 10.8. The van der Waals surface area contributed by atoms with E-state index >= 15 is 0 Å². The SMILES string of the molecule is Cc1cc2ncc(CCCNC(=O)COc3ccc(-c4ccccc4)cc3)cn2n1. The predicted octanol–water partition coefficient (Wildman–Crippen LogP) is 3.83. The van der Waals surface area contributed by atoms with Crippen LogP contribution in [0.25, 0.3) is 16.8 Å². The first-order chi connectivity index (χ1) is 14.7. The van der Waals surface area contributed by atoms with Gasteiger partial charge in [0.2, 0.25) is 0 Å². The third-order valence-electron chi connectivity index (χ3n) is 4.78. The minimum Gasteiger partial charge on any atom is -0.484 e. The summed E-state index contributed by atoms with van der Waals surface area (Å²) in [6, 6.07) is 19.8. The molecule has 0 saturated heterocycles. The first-order valence-corrected chi connectivity index (χ1v) is 10.0. The molecule has 0 aliphatic carbocycles. The van der Waals surface area contributed by atoms with Crippen molar-refractivity contribution in [3.63, 3.8) is 0 Å². The van der Waals surface area contributed by atoms with Crippen LogP contribution in [-0.4, -0.2) is 33.7 Å². The number of ether oxygens (including phenoxy) is 1. The summed E-state index contributed by atoms with van der Waals surface area (Å²) >= 11 is 0. The van der Waals surface area contributed by atoms with Crippen molar-refractivity contribution in [2.45, 2.75) is 19.8 Å². The molecule has 152 valence electrons. The molecule has 0 saturated carbocycles. The fourth-order valence-electron chi connectivity index (χ4n) is 3.26. The van der Waals surface area contributed by atoms with Gasteiger partial charge in [-0.2, -0.15) is 5.10 Å². The van der Waals surface area contributed by atoms with Gasteiger partial charge in [0.15, 0.2) is 12.3 Å². The highest BCUT2D eigenvalue weighted by Crippen LogP contribution is 2.21. The van der Waals surface area contributed by atoms with Gasteiger partial charge >= 0.3 is 0 Å². The fourth-order valence-corrected chi connectivity index (χ4v) is 3.26. The molecule has 0 aliphatic rings. The summed E-state index contributed by atoms with van der Waals surface area (Å²) in [6.45, 7) is 2.54. The van der Waals surface area contributed by atoms with Gasteiger partial charge in [-0.1, -0.05) is 42.5 Å². The highest BCUT2D eigenvalue weighted by atomic mass is 16.5. The van der Waals surface area contributed by atoms with Crippen LogP contribution in [0.4, 0.5) is 0 Å². The molecule has 2 aromatic heterocycles. The van der Waals surface area contributed by atoms with E-state index in [1.165, 1.54) is 0 Å². The molecule has 0 atom stereocenters. The first kappa shape index (κ1) is 19.6. The second-order valence-electron chi connectivity index (χ2n) is 7.18. The third-order valence-corrected chi connectivity index (χ3v) is 4.78. The number of hydrogen-bond donors (Lipinski definition) is 1. The molecule has 6 nitrogen and oxygen atoms in total. The lowest BCUT2D eigenvalue weighted by Crippen LogP contribution is -2.29. The van der Waals surface area contributed by atoms with Crippen molar-refractivity contribution >= 4 is 11.6 Å². The number of carbonyl (C=O) groups excluding carboxylic acids is 1. The van der Waals surface area contributed by atoms with Gasteiger partial charge in [0, 0.05) is 25.0 Å². The maximum atomic E-state index is 12.0. The number of carbonyl (C=O) groups is 1. The summed E-state index contributed by atoms with van der Waals surface area (Å²) in [7, 11) is 0. The van der Waals surface area contributed by atoms with Crippen molar-refractivity contribution in [2.24, 2.45) is 0 Å². The Balaban J connectivity index is 1.18. The molecule has 2 aromatic carbocycles. The van der Waals surface area contributed by atoms with Crippen LogP contribution < -0.4 is 10.1 Å². The fraction of sp³-hybridized carbons (Fsp3) is 0.208. The largest absolute Gasteiger partial charge is 0.484 e. The Morgan fingerprint density at radius 2 is 1.83 bits per heavy atom. The molecule has 6 heteroatoms. The second-order valence-corrected chi connectivity index (χ2v) is 7.18. The van der Waals surface area contributed by atoms with Crippen LogP contribution in [0.2, 0.25) is 0 Å². The molecule has 0 fully saturated rings. The van der Waals surface area contributed by atoms with Gasteiger partial charge in [-0.25, -0.2) is 9.50 Å². The van der Waals surface area contributed by atoms with Gasteiger partial charge in [-0.15, -0.1) is 0 Å². The molecule has 1 N–H and O–H groups in total. The van der Waals surface area contributed by atoms with Crippen LogP contribution in [0.3, 0.4) is 0 Å². The number of rotatable bonds is 8. The van der Waals surface area contributed by atoms with Crippen LogP contribution in [-0.2, 0) is 11.2 Å². The molecule has 0 bridgehead atoms. The summed E-state index contributed by atoms with van der Waals surface area (Å²) in [5, 5.41) is 7.27. The molecule has 0 radical (unpaired) electrons. The Bertz CT molecular complexity index is 1120. The number of fused-ring (bicyclic) bond motifs is 1. The van der Waals surface area contributed by atoms with Crippen molar-refractivity contribution < 1.29 is 9.53 Å². The van der Waals surface area contributed by atoms with Crippen LogP contribution in [0.5, 0.6) is 5.75 Å². The van der Waals surface area contributed by atoms with Gasteiger partial charge in [-0.05, 0) is 48.6 Å². The Labute approximate surface area is 175 Å². The molecule has 0 spiro atoms. The first-order valence-electron chi connectivity index (χ1n) is 10.0. The Morgan fingerprint density at radius 1 is 1.07 bits per heavy atom. The molecule has 30 heavy (non-hydrogen) atoms. The third kappa shape index (κ3) is 5.03. The molecule has 4 aromatic rings. The van der Waals surface area contributed by atoms with Crippen molar-refractivity contribution in [3.05, 3.63) is 84.3 Å². The van der Waals surface area contributed by atoms with Crippen molar-refractivity contribution in [2.75, 3.05) is 13.2 Å². The van der Waals surface area contributed by atoms with E-state index in [1.807, 2.05) is 67.8 Å². The molecule has 0 aliphatic heterocycles. The predicted molar refractivity (Wildman–Crippen MR) is 116 cm³/mol. The molecular formula is C24H24N4O2. The zero-order valence-corrected chi connectivity index (χ0v) is 16.9. The van der Waals surface area contributed by atoms with Gasteiger partial charge in [-0.3, -0.25) is 4.79 Å². The number of hydrogen-bond acceptors (Lipinski definition) is 4. The van der Waals surface area contributed by atoms with E-state index in [9.17, 15) is 4.79 Å². The van der Waals surface area contributed by atoms with Gasteiger partial charge in [0.1, 0.15) is 5.75 Å². The minimum atomic E-state index is -0.126. The van der Waals surface area contributed by atoms with Crippen molar-refractivity contribution in [3.8, 4) is 16.9 Å². The monoisotopic (exact) mass is 400 g/mol. The summed E-state index contributed by atoms with van der Waals surface area (Å²) in [6.07, 6.45) is 5.49. The van der Waals surface area contributed by atoms with Gasteiger partial charge in [0.25, 0.3) is 5.91 Å². The minimum absolute atomic E-state index is 0.00472. The number of nitrogens with zero attached hydrogens (tertiary/aromatic N) is 3. The van der Waals surface area contributed by atoms with E-state index in [0.717, 1.165) is 40.9 Å². The van der Waals surface area contributed by atoms with Crippen LogP contribution in [0, 0.1) is 6.92 Å². The molecule has 1 amide bonds. The van der Waals surface area contributed by atoms with E-state index < -0.39 is 0 Å². The number of amides is 1. The van der Waals surface area contributed by atoms with E-state index in [-0.39, 0.29) is 12.5 Å². The average Bonchev–Trinajstić information content (AvgIpc) is 3.15. The standard InChI is InChI=1S/C24H24N4O2/c1-18-14-23-26-15-19(16-28(23)27-18)6-5-13-25-24(29)17-30-22-11-9-21(10-12-22)20-7-3-2-4-8-20/h2-4,7-12,14-16H,5-6,13,17H2,1H3,(H,25,29). The lowest BCUT2D eigenvalue weighted by molar-refractivity contribution is -0.123.